The van der Waals surface area contributed by atoms with Gasteiger partial charge in [0.15, 0.2) is 0 Å². The first-order valence-corrected chi connectivity index (χ1v) is 14.4. The summed E-state index contributed by atoms with van der Waals surface area (Å²) in [5.74, 6) is -0.847. The van der Waals surface area contributed by atoms with Crippen LogP contribution in [0.1, 0.15) is 54.6 Å². The molecule has 0 radical (unpaired) electrons. The topological polar surface area (TPSA) is 84.2 Å². The molecule has 0 saturated heterocycles. The smallest absolute Gasteiger partial charge is 0.255 e. The van der Waals surface area contributed by atoms with Gasteiger partial charge < -0.3 is 16.4 Å². The molecule has 3 atom stereocenters. The van der Waals surface area contributed by atoms with E-state index in [0.717, 1.165) is 40.6 Å². The molecule has 4 N–H and O–H groups in total. The molecule has 38 heavy (non-hydrogen) atoms. The summed E-state index contributed by atoms with van der Waals surface area (Å²) in [7, 11) is 0. The van der Waals surface area contributed by atoms with Gasteiger partial charge in [0.1, 0.15) is 0 Å². The second kappa shape index (κ2) is 12.6. The van der Waals surface area contributed by atoms with Crippen LogP contribution in [0.2, 0.25) is 0 Å². The molecule has 2 amide bonds. The molecule has 0 bridgehead atoms. The number of carbonyl (C=O) groups is 2. The Hall–Kier alpha value is -2.38. The van der Waals surface area contributed by atoms with Crippen molar-refractivity contribution >= 4 is 62.3 Å². The fourth-order valence-corrected chi connectivity index (χ4v) is 6.11. The first-order chi connectivity index (χ1) is 18.2. The third-order valence-electron chi connectivity index (χ3n) is 7.40. The number of carbonyl (C=O) groups excluding carboxylic acids is 2. The zero-order chi connectivity index (χ0) is 27.4. The minimum atomic E-state index is -0.363. The van der Waals surface area contributed by atoms with Crippen LogP contribution in [0.3, 0.4) is 0 Å². The summed E-state index contributed by atoms with van der Waals surface area (Å²) in [6.45, 7) is 4.45. The van der Waals surface area contributed by atoms with Gasteiger partial charge in [-0.2, -0.15) is 0 Å². The minimum Gasteiger partial charge on any atom is -0.330 e. The van der Waals surface area contributed by atoms with Gasteiger partial charge in [-0.15, -0.1) is 0 Å². The van der Waals surface area contributed by atoms with E-state index in [4.69, 9.17) is 28.9 Å². The molecule has 8 heteroatoms. The number of nitrogens with one attached hydrogen (secondary N) is 2. The maximum Gasteiger partial charge on any atom is 0.255 e. The maximum absolute atomic E-state index is 13.5. The third-order valence-corrected chi connectivity index (χ3v) is 8.87. The van der Waals surface area contributed by atoms with Crippen LogP contribution in [0.4, 0.5) is 5.69 Å². The van der Waals surface area contributed by atoms with Crippen LogP contribution in [0.15, 0.2) is 74.7 Å². The number of fused-ring (bicyclic) bond motifs is 1. The van der Waals surface area contributed by atoms with E-state index in [9.17, 15) is 9.59 Å². The number of benzene rings is 2. The van der Waals surface area contributed by atoms with E-state index in [1.165, 1.54) is 5.57 Å². The van der Waals surface area contributed by atoms with Crippen LogP contribution in [0, 0.1) is 17.8 Å². The first-order valence-electron chi connectivity index (χ1n) is 12.9. The number of rotatable bonds is 8. The standard InChI is InChI=1S/C30H32BrCl2N3O2/c1-3-18-7-8-19-9-10-22(16-25(19)28(18)36-29(37)20-5-4-6-21(31)15-20)35-30(38)24(13-14-34)23-11-12-26(32)27(33)17(23)2/h4-6,9-12,15-17,23-24H,3,7-8,13-14,34H2,1-2H3,(H,35,38)(H,36,37). The lowest BCUT2D eigenvalue weighted by molar-refractivity contribution is -0.121. The number of anilines is 1. The molecule has 2 aliphatic carbocycles. The van der Waals surface area contributed by atoms with Gasteiger partial charge in [-0.3, -0.25) is 9.59 Å². The summed E-state index contributed by atoms with van der Waals surface area (Å²) in [4.78, 5) is 26.7. The molecule has 200 valence electrons. The van der Waals surface area contributed by atoms with Crippen LogP contribution in [-0.4, -0.2) is 18.4 Å². The van der Waals surface area contributed by atoms with Gasteiger partial charge in [-0.25, -0.2) is 0 Å². The van der Waals surface area contributed by atoms with Gasteiger partial charge in [0.2, 0.25) is 5.91 Å². The Bertz CT molecular complexity index is 1330. The van der Waals surface area contributed by atoms with Crippen molar-refractivity contribution in [2.75, 3.05) is 11.9 Å². The summed E-state index contributed by atoms with van der Waals surface area (Å²) in [5, 5.41) is 7.33. The number of hydrogen-bond donors (Lipinski definition) is 3. The highest BCUT2D eigenvalue weighted by Crippen LogP contribution is 2.39. The lowest BCUT2D eigenvalue weighted by Gasteiger charge is -2.31. The van der Waals surface area contributed by atoms with Crippen molar-refractivity contribution in [1.82, 2.24) is 5.32 Å². The Morgan fingerprint density at radius 3 is 2.63 bits per heavy atom. The largest absolute Gasteiger partial charge is 0.330 e. The summed E-state index contributed by atoms with van der Waals surface area (Å²) >= 11 is 16.1. The predicted octanol–water partition coefficient (Wildman–Crippen LogP) is 7.36. The van der Waals surface area contributed by atoms with Crippen molar-refractivity contribution in [3.63, 3.8) is 0 Å². The molecule has 2 aromatic rings. The molecule has 2 aromatic carbocycles. The molecule has 0 heterocycles. The number of amides is 2. The van der Waals surface area contributed by atoms with E-state index in [2.05, 4.69) is 33.5 Å². The van der Waals surface area contributed by atoms with Gasteiger partial charge >= 0.3 is 0 Å². The minimum absolute atomic E-state index is 0.0881. The van der Waals surface area contributed by atoms with E-state index in [0.29, 0.717) is 34.3 Å². The Morgan fingerprint density at radius 2 is 1.92 bits per heavy atom. The Morgan fingerprint density at radius 1 is 1.13 bits per heavy atom. The van der Waals surface area contributed by atoms with Gasteiger partial charge in [-0.05, 0) is 85.7 Å². The van der Waals surface area contributed by atoms with Crippen molar-refractivity contribution in [3.8, 4) is 0 Å². The second-order valence-corrected chi connectivity index (χ2v) is 11.5. The van der Waals surface area contributed by atoms with Crippen molar-refractivity contribution in [3.05, 3.63) is 91.4 Å². The highest BCUT2D eigenvalue weighted by atomic mass is 79.9. The molecule has 5 nitrogen and oxygen atoms in total. The summed E-state index contributed by atoms with van der Waals surface area (Å²) in [6.07, 6.45) is 6.83. The van der Waals surface area contributed by atoms with Crippen molar-refractivity contribution < 1.29 is 9.59 Å². The lowest BCUT2D eigenvalue weighted by Crippen LogP contribution is -2.34. The summed E-state index contributed by atoms with van der Waals surface area (Å²) in [5.41, 5.74) is 11.2. The number of nitrogens with two attached hydrogens (primary N) is 1. The van der Waals surface area contributed by atoms with Crippen LogP contribution in [-0.2, 0) is 11.2 Å². The van der Waals surface area contributed by atoms with E-state index in [1.54, 1.807) is 18.2 Å². The molecule has 0 fully saturated rings. The van der Waals surface area contributed by atoms with Crippen LogP contribution >= 0.6 is 39.1 Å². The van der Waals surface area contributed by atoms with Crippen molar-refractivity contribution in [2.24, 2.45) is 23.5 Å². The van der Waals surface area contributed by atoms with Crippen LogP contribution in [0.5, 0.6) is 0 Å². The fraction of sp³-hybridized carbons (Fsp3) is 0.333. The normalized spacial score (nSPS) is 19.7. The second-order valence-electron chi connectivity index (χ2n) is 9.76. The van der Waals surface area contributed by atoms with Gasteiger partial charge in [0, 0.05) is 43.9 Å². The average Bonchev–Trinajstić information content (AvgIpc) is 2.91. The summed E-state index contributed by atoms with van der Waals surface area (Å²) < 4.78 is 0.845. The van der Waals surface area contributed by atoms with E-state index in [1.807, 2.05) is 43.3 Å². The van der Waals surface area contributed by atoms with Gasteiger partial charge in [0.05, 0.1) is 5.03 Å². The molecule has 0 aromatic heterocycles. The van der Waals surface area contributed by atoms with Crippen LogP contribution < -0.4 is 16.4 Å². The monoisotopic (exact) mass is 615 g/mol. The number of halogens is 3. The van der Waals surface area contributed by atoms with Crippen LogP contribution in [0.25, 0.3) is 5.70 Å². The number of aryl methyl sites for hydroxylation is 1. The van der Waals surface area contributed by atoms with E-state index in [-0.39, 0.29) is 29.6 Å². The number of allylic oxidation sites excluding steroid dienone is 5. The Balaban J connectivity index is 1.60. The molecule has 2 aliphatic rings. The van der Waals surface area contributed by atoms with E-state index >= 15 is 0 Å². The zero-order valence-electron chi connectivity index (χ0n) is 21.5. The van der Waals surface area contributed by atoms with Gasteiger partial charge in [-0.1, -0.05) is 71.2 Å². The SMILES string of the molecule is CCC1=C(NC(=O)c2cccc(Br)c2)c2cc(NC(=O)C(CCN)C3C=CC(Cl)=C(Cl)C3C)ccc2CC1. The maximum atomic E-state index is 13.5. The summed E-state index contributed by atoms with van der Waals surface area (Å²) in [6, 6.07) is 13.2. The molecule has 3 unspecified atom stereocenters. The molecule has 0 saturated carbocycles. The highest BCUT2D eigenvalue weighted by molar-refractivity contribution is 9.10. The molecule has 4 rings (SSSR count). The third kappa shape index (κ3) is 6.26. The zero-order valence-corrected chi connectivity index (χ0v) is 24.6. The molecule has 0 aliphatic heterocycles. The molecular formula is C30H32BrCl2N3O2. The highest BCUT2D eigenvalue weighted by Gasteiger charge is 2.34. The van der Waals surface area contributed by atoms with Gasteiger partial charge in [0.25, 0.3) is 5.91 Å². The molecular weight excluding hydrogens is 585 g/mol. The average molecular weight is 617 g/mol. The van der Waals surface area contributed by atoms with Crippen molar-refractivity contribution in [1.29, 1.82) is 0 Å². The predicted molar refractivity (Wildman–Crippen MR) is 160 cm³/mol. The Labute approximate surface area is 242 Å². The lowest BCUT2D eigenvalue weighted by atomic mass is 9.77. The van der Waals surface area contributed by atoms with Crippen molar-refractivity contribution in [2.45, 2.75) is 39.5 Å². The number of hydrogen-bond acceptors (Lipinski definition) is 3. The Kier molecular flexibility index (Phi) is 9.53. The first kappa shape index (κ1) is 28.6. The van der Waals surface area contributed by atoms with E-state index < -0.39 is 0 Å². The molecule has 0 spiro atoms. The fourth-order valence-electron chi connectivity index (χ4n) is 5.25. The quantitative estimate of drug-likeness (QED) is 0.290.